The predicted octanol–water partition coefficient (Wildman–Crippen LogP) is 3.33. The maximum atomic E-state index is 5.93. The standard InChI is InChI=1S/C16H26N2/c1-16(2)9-7-13(8-10-16)12-3-5-14(6-4-12)15(18)11-17/h3-6,13,15H,7-11,17-18H2,1-2H3. The minimum Gasteiger partial charge on any atom is -0.329 e. The number of hydrogen-bond donors (Lipinski definition) is 2. The van der Waals surface area contributed by atoms with Crippen LogP contribution < -0.4 is 11.5 Å². The van der Waals surface area contributed by atoms with E-state index in [2.05, 4.69) is 38.1 Å². The van der Waals surface area contributed by atoms with Gasteiger partial charge in [0, 0.05) is 12.6 Å². The minimum atomic E-state index is -0.0238. The molecule has 4 N–H and O–H groups in total. The lowest BCUT2D eigenvalue weighted by Gasteiger charge is -2.34. The smallest absolute Gasteiger partial charge is 0.0419 e. The van der Waals surface area contributed by atoms with Crippen molar-refractivity contribution in [3.05, 3.63) is 35.4 Å². The molecule has 1 unspecified atom stereocenters. The molecule has 100 valence electrons. The summed E-state index contributed by atoms with van der Waals surface area (Å²) in [5.41, 5.74) is 14.7. The van der Waals surface area contributed by atoms with Gasteiger partial charge in [0.05, 0.1) is 0 Å². The van der Waals surface area contributed by atoms with Crippen molar-refractivity contribution in [2.24, 2.45) is 16.9 Å². The van der Waals surface area contributed by atoms with Crippen LogP contribution in [-0.4, -0.2) is 6.54 Å². The van der Waals surface area contributed by atoms with E-state index in [9.17, 15) is 0 Å². The van der Waals surface area contributed by atoms with Gasteiger partial charge in [-0.15, -0.1) is 0 Å². The Morgan fingerprint density at radius 2 is 1.72 bits per heavy atom. The molecule has 1 saturated carbocycles. The fourth-order valence-electron chi connectivity index (χ4n) is 2.88. The predicted molar refractivity (Wildman–Crippen MR) is 77.4 cm³/mol. The third-order valence-electron chi connectivity index (χ3n) is 4.43. The first-order valence-electron chi connectivity index (χ1n) is 7.07. The van der Waals surface area contributed by atoms with Crippen LogP contribution in [0, 0.1) is 5.41 Å². The van der Waals surface area contributed by atoms with Crippen LogP contribution in [0.15, 0.2) is 24.3 Å². The molecular weight excluding hydrogens is 220 g/mol. The highest BCUT2D eigenvalue weighted by Crippen LogP contribution is 2.42. The molecule has 0 heterocycles. The minimum absolute atomic E-state index is 0.0238. The van der Waals surface area contributed by atoms with Crippen molar-refractivity contribution in [1.82, 2.24) is 0 Å². The quantitative estimate of drug-likeness (QED) is 0.859. The summed E-state index contributed by atoms with van der Waals surface area (Å²) in [5, 5.41) is 0. The Morgan fingerprint density at radius 1 is 1.17 bits per heavy atom. The summed E-state index contributed by atoms with van der Waals surface area (Å²) in [6.07, 6.45) is 5.30. The molecule has 0 amide bonds. The van der Waals surface area contributed by atoms with Gasteiger partial charge in [-0.05, 0) is 48.1 Å². The third kappa shape index (κ3) is 3.12. The molecule has 2 heteroatoms. The average molecular weight is 246 g/mol. The summed E-state index contributed by atoms with van der Waals surface area (Å²) in [4.78, 5) is 0. The molecule has 18 heavy (non-hydrogen) atoms. The second kappa shape index (κ2) is 5.41. The van der Waals surface area contributed by atoms with E-state index in [4.69, 9.17) is 11.5 Å². The molecule has 0 aliphatic heterocycles. The first kappa shape index (κ1) is 13.6. The van der Waals surface area contributed by atoms with Crippen LogP contribution in [0.5, 0.6) is 0 Å². The summed E-state index contributed by atoms with van der Waals surface area (Å²) >= 11 is 0. The summed E-state index contributed by atoms with van der Waals surface area (Å²) in [6, 6.07) is 8.75. The van der Waals surface area contributed by atoms with Crippen molar-refractivity contribution in [2.45, 2.75) is 51.5 Å². The summed E-state index contributed by atoms with van der Waals surface area (Å²) in [7, 11) is 0. The molecule has 1 aromatic carbocycles. The highest BCUT2D eigenvalue weighted by molar-refractivity contribution is 5.27. The van der Waals surface area contributed by atoms with Crippen LogP contribution in [0.2, 0.25) is 0 Å². The van der Waals surface area contributed by atoms with Gasteiger partial charge in [0.15, 0.2) is 0 Å². The lowest BCUT2D eigenvalue weighted by atomic mass is 9.71. The zero-order valence-corrected chi connectivity index (χ0v) is 11.7. The van der Waals surface area contributed by atoms with Gasteiger partial charge in [0.2, 0.25) is 0 Å². The van der Waals surface area contributed by atoms with E-state index in [1.807, 2.05) is 0 Å². The fourth-order valence-corrected chi connectivity index (χ4v) is 2.88. The van der Waals surface area contributed by atoms with Crippen molar-refractivity contribution in [1.29, 1.82) is 0 Å². The second-order valence-corrected chi connectivity index (χ2v) is 6.45. The van der Waals surface area contributed by atoms with E-state index >= 15 is 0 Å². The van der Waals surface area contributed by atoms with Gasteiger partial charge < -0.3 is 11.5 Å². The van der Waals surface area contributed by atoms with Crippen LogP contribution in [-0.2, 0) is 0 Å². The monoisotopic (exact) mass is 246 g/mol. The van der Waals surface area contributed by atoms with Crippen LogP contribution in [0.3, 0.4) is 0 Å². The molecule has 1 aliphatic rings. The fraction of sp³-hybridized carbons (Fsp3) is 0.625. The van der Waals surface area contributed by atoms with Crippen molar-refractivity contribution in [3.63, 3.8) is 0 Å². The molecule has 0 radical (unpaired) electrons. The maximum absolute atomic E-state index is 5.93. The van der Waals surface area contributed by atoms with E-state index in [1.165, 1.54) is 31.2 Å². The van der Waals surface area contributed by atoms with E-state index < -0.39 is 0 Å². The number of benzene rings is 1. The summed E-state index contributed by atoms with van der Waals surface area (Å²) in [5.74, 6) is 0.737. The highest BCUT2D eigenvalue weighted by atomic mass is 14.7. The van der Waals surface area contributed by atoms with Crippen LogP contribution >= 0.6 is 0 Å². The lowest BCUT2D eigenvalue weighted by molar-refractivity contribution is 0.224. The molecule has 1 fully saturated rings. The first-order chi connectivity index (χ1) is 8.52. The van der Waals surface area contributed by atoms with Gasteiger partial charge in [0.25, 0.3) is 0 Å². The maximum Gasteiger partial charge on any atom is 0.0419 e. The average Bonchev–Trinajstić information content (AvgIpc) is 2.38. The number of nitrogens with two attached hydrogens (primary N) is 2. The number of hydrogen-bond acceptors (Lipinski definition) is 2. The number of rotatable bonds is 3. The van der Waals surface area contributed by atoms with Crippen molar-refractivity contribution in [2.75, 3.05) is 6.54 Å². The summed E-state index contributed by atoms with van der Waals surface area (Å²) in [6.45, 7) is 5.27. The SMILES string of the molecule is CC1(C)CCC(c2ccc(C(N)CN)cc2)CC1. The Kier molecular flexibility index (Phi) is 4.08. The van der Waals surface area contributed by atoms with Gasteiger partial charge in [0.1, 0.15) is 0 Å². The van der Waals surface area contributed by atoms with Gasteiger partial charge in [-0.25, -0.2) is 0 Å². The zero-order chi connectivity index (χ0) is 13.2. The lowest BCUT2D eigenvalue weighted by Crippen LogP contribution is -2.21. The Labute approximate surface area is 111 Å². The second-order valence-electron chi connectivity index (χ2n) is 6.45. The topological polar surface area (TPSA) is 52.0 Å². The van der Waals surface area contributed by atoms with Gasteiger partial charge in [-0.3, -0.25) is 0 Å². The van der Waals surface area contributed by atoms with E-state index in [1.54, 1.807) is 0 Å². The Bertz CT molecular complexity index is 371. The molecule has 2 rings (SSSR count). The zero-order valence-electron chi connectivity index (χ0n) is 11.7. The van der Waals surface area contributed by atoms with E-state index in [0.29, 0.717) is 12.0 Å². The van der Waals surface area contributed by atoms with E-state index in [-0.39, 0.29) is 6.04 Å². The molecule has 2 nitrogen and oxygen atoms in total. The van der Waals surface area contributed by atoms with Gasteiger partial charge in [-0.2, -0.15) is 0 Å². The van der Waals surface area contributed by atoms with E-state index in [0.717, 1.165) is 11.5 Å². The third-order valence-corrected chi connectivity index (χ3v) is 4.43. The Balaban J connectivity index is 2.02. The molecule has 1 atom stereocenters. The van der Waals surface area contributed by atoms with Crippen molar-refractivity contribution in [3.8, 4) is 0 Å². The van der Waals surface area contributed by atoms with Gasteiger partial charge >= 0.3 is 0 Å². The Morgan fingerprint density at radius 3 is 2.22 bits per heavy atom. The molecule has 0 aromatic heterocycles. The first-order valence-corrected chi connectivity index (χ1v) is 7.07. The van der Waals surface area contributed by atoms with Gasteiger partial charge in [-0.1, -0.05) is 38.1 Å². The van der Waals surface area contributed by atoms with Crippen LogP contribution in [0.4, 0.5) is 0 Å². The van der Waals surface area contributed by atoms with Crippen LogP contribution in [0.25, 0.3) is 0 Å². The molecule has 0 bridgehead atoms. The van der Waals surface area contributed by atoms with Crippen molar-refractivity contribution >= 4 is 0 Å². The molecular formula is C16H26N2. The highest BCUT2D eigenvalue weighted by Gasteiger charge is 2.27. The molecule has 1 aromatic rings. The molecule has 1 aliphatic carbocycles. The van der Waals surface area contributed by atoms with Crippen LogP contribution in [0.1, 0.15) is 62.6 Å². The van der Waals surface area contributed by atoms with Crippen molar-refractivity contribution < 1.29 is 0 Å². The molecule has 0 spiro atoms. The largest absolute Gasteiger partial charge is 0.329 e. The normalized spacial score (nSPS) is 21.8. The molecule has 0 saturated heterocycles. The Hall–Kier alpha value is -0.860. The summed E-state index contributed by atoms with van der Waals surface area (Å²) < 4.78 is 0.